The maximum Gasteiger partial charge on any atom is 0.253 e. The summed E-state index contributed by atoms with van der Waals surface area (Å²) in [5, 5.41) is 5.05. The molecule has 4 aromatic rings. The van der Waals surface area contributed by atoms with Crippen LogP contribution in [-0.4, -0.2) is 22.1 Å². The fourth-order valence-electron chi connectivity index (χ4n) is 4.24. The van der Waals surface area contributed by atoms with E-state index < -0.39 is 0 Å². The predicted octanol–water partition coefficient (Wildman–Crippen LogP) is 6.12. The summed E-state index contributed by atoms with van der Waals surface area (Å²) in [4.78, 5) is 18.2. The number of aromatic nitrogens is 1. The van der Waals surface area contributed by atoms with E-state index in [1.807, 2.05) is 66.4 Å². The van der Waals surface area contributed by atoms with Gasteiger partial charge in [-0.1, -0.05) is 49.4 Å². The summed E-state index contributed by atoms with van der Waals surface area (Å²) in [6.45, 7) is 7.13. The minimum absolute atomic E-state index is 0.0947. The molecule has 35 heavy (non-hydrogen) atoms. The van der Waals surface area contributed by atoms with E-state index in [4.69, 9.17) is 17.0 Å². The zero-order valence-corrected chi connectivity index (χ0v) is 21.5. The van der Waals surface area contributed by atoms with Gasteiger partial charge in [-0.25, -0.2) is 0 Å². The van der Waals surface area contributed by atoms with E-state index in [2.05, 4.69) is 36.3 Å². The summed E-state index contributed by atoms with van der Waals surface area (Å²) in [6, 6.07) is 22.2. The Balaban J connectivity index is 1.69. The van der Waals surface area contributed by atoms with Gasteiger partial charge in [0, 0.05) is 23.2 Å². The molecule has 0 bridgehead atoms. The summed E-state index contributed by atoms with van der Waals surface area (Å²) in [6.07, 6.45) is 0.896. The number of aryl methyl sites for hydroxylation is 3. The van der Waals surface area contributed by atoms with Gasteiger partial charge in [0.05, 0.1) is 19.2 Å². The number of ether oxygens (including phenoxy) is 1. The van der Waals surface area contributed by atoms with Crippen LogP contribution in [-0.2, 0) is 19.5 Å². The van der Waals surface area contributed by atoms with Crippen LogP contribution in [0.4, 0.5) is 5.69 Å². The lowest BCUT2D eigenvalue weighted by molar-refractivity contribution is 0.406. The molecule has 0 amide bonds. The minimum Gasteiger partial charge on any atom is -0.497 e. The number of hydrogen-bond donors (Lipinski definition) is 2. The number of para-hydroxylation sites is 1. The first-order valence-corrected chi connectivity index (χ1v) is 12.2. The molecule has 0 unspecified atom stereocenters. The average Bonchev–Trinajstić information content (AvgIpc) is 2.87. The second-order valence-electron chi connectivity index (χ2n) is 8.76. The van der Waals surface area contributed by atoms with E-state index in [1.165, 1.54) is 5.56 Å². The topological polar surface area (TPSA) is 57.4 Å². The van der Waals surface area contributed by atoms with Crippen LogP contribution in [0.3, 0.4) is 0 Å². The van der Waals surface area contributed by atoms with Crippen molar-refractivity contribution in [1.82, 2.24) is 9.88 Å². The summed E-state index contributed by atoms with van der Waals surface area (Å²) >= 11 is 5.88. The van der Waals surface area contributed by atoms with Gasteiger partial charge in [-0.15, -0.1) is 0 Å². The number of hydrogen-bond acceptors (Lipinski definition) is 3. The molecule has 1 aromatic heterocycles. The largest absolute Gasteiger partial charge is 0.497 e. The SMILES string of the molecule is CCc1ccccc1NC(=S)N(Cc1ccc(OC)cc1)Cc1cc2c(C)ccc(C)c2[nH]c1=O. The van der Waals surface area contributed by atoms with Crippen molar-refractivity contribution in [3.8, 4) is 5.75 Å². The second-order valence-corrected chi connectivity index (χ2v) is 9.14. The van der Waals surface area contributed by atoms with Gasteiger partial charge in [0.1, 0.15) is 5.75 Å². The van der Waals surface area contributed by atoms with Crippen molar-refractivity contribution >= 4 is 33.9 Å². The Bertz CT molecular complexity index is 1410. The molecule has 0 aliphatic rings. The maximum atomic E-state index is 13.1. The van der Waals surface area contributed by atoms with Crippen LogP contribution in [0, 0.1) is 13.8 Å². The highest BCUT2D eigenvalue weighted by molar-refractivity contribution is 7.80. The number of nitrogens with zero attached hydrogens (tertiary/aromatic N) is 1. The molecule has 3 aromatic carbocycles. The van der Waals surface area contributed by atoms with Crippen molar-refractivity contribution in [3.05, 3.63) is 105 Å². The van der Waals surface area contributed by atoms with E-state index in [1.54, 1.807) is 7.11 Å². The molecule has 180 valence electrons. The molecule has 0 fully saturated rings. The van der Waals surface area contributed by atoms with E-state index in [0.29, 0.717) is 23.8 Å². The molecule has 1 heterocycles. The van der Waals surface area contributed by atoms with Gasteiger partial charge in [-0.05, 0) is 79.0 Å². The van der Waals surface area contributed by atoms with Crippen molar-refractivity contribution < 1.29 is 4.74 Å². The number of methoxy groups -OCH3 is 1. The van der Waals surface area contributed by atoms with Crippen LogP contribution in [0.1, 0.15) is 34.7 Å². The summed E-state index contributed by atoms with van der Waals surface area (Å²) in [5.74, 6) is 0.801. The van der Waals surface area contributed by atoms with Crippen molar-refractivity contribution in [1.29, 1.82) is 0 Å². The lowest BCUT2D eigenvalue weighted by atomic mass is 10.0. The number of fused-ring (bicyclic) bond motifs is 1. The third-order valence-corrected chi connectivity index (χ3v) is 6.70. The third kappa shape index (κ3) is 5.54. The van der Waals surface area contributed by atoms with Gasteiger partial charge >= 0.3 is 0 Å². The highest BCUT2D eigenvalue weighted by Crippen LogP contribution is 2.22. The highest BCUT2D eigenvalue weighted by atomic mass is 32.1. The zero-order chi connectivity index (χ0) is 24.9. The Labute approximate surface area is 211 Å². The summed E-state index contributed by atoms with van der Waals surface area (Å²) in [7, 11) is 1.65. The molecule has 4 rings (SSSR count). The Kier molecular flexibility index (Phi) is 7.51. The Morgan fingerprint density at radius 1 is 0.971 bits per heavy atom. The molecule has 5 nitrogen and oxygen atoms in total. The minimum atomic E-state index is -0.0947. The normalized spacial score (nSPS) is 10.9. The molecule has 0 saturated carbocycles. The Morgan fingerprint density at radius 2 is 1.69 bits per heavy atom. The van der Waals surface area contributed by atoms with Gasteiger partial charge in [0.2, 0.25) is 0 Å². The van der Waals surface area contributed by atoms with Crippen molar-refractivity contribution in [3.63, 3.8) is 0 Å². The van der Waals surface area contributed by atoms with Gasteiger partial charge in [-0.2, -0.15) is 0 Å². The fraction of sp³-hybridized carbons (Fsp3) is 0.241. The molecule has 0 spiro atoms. The van der Waals surface area contributed by atoms with Crippen LogP contribution in [0.5, 0.6) is 5.75 Å². The fourth-order valence-corrected chi connectivity index (χ4v) is 4.48. The van der Waals surface area contributed by atoms with Gasteiger partial charge < -0.3 is 19.9 Å². The Morgan fingerprint density at radius 3 is 2.40 bits per heavy atom. The number of benzene rings is 3. The third-order valence-electron chi connectivity index (χ3n) is 6.34. The van der Waals surface area contributed by atoms with Crippen molar-refractivity contribution in [2.75, 3.05) is 12.4 Å². The van der Waals surface area contributed by atoms with E-state index in [-0.39, 0.29) is 5.56 Å². The van der Waals surface area contributed by atoms with Gasteiger partial charge in [0.15, 0.2) is 5.11 Å². The smallest absolute Gasteiger partial charge is 0.253 e. The van der Waals surface area contributed by atoms with Gasteiger partial charge in [0.25, 0.3) is 5.56 Å². The molecular weight excluding hydrogens is 454 g/mol. The number of rotatable bonds is 7. The van der Waals surface area contributed by atoms with Crippen molar-refractivity contribution in [2.24, 2.45) is 0 Å². The molecule has 0 atom stereocenters. The monoisotopic (exact) mass is 485 g/mol. The number of thiocarbonyl (C=S) groups is 1. The molecule has 0 saturated heterocycles. The van der Waals surface area contributed by atoms with E-state index >= 15 is 0 Å². The first kappa shape index (κ1) is 24.5. The molecule has 0 aliphatic heterocycles. The standard InChI is InChI=1S/C29H31N3O2S/c1-5-22-8-6-7-9-26(22)30-29(35)32(17-21-12-14-24(34-4)15-13-21)18-23-16-25-19(2)10-11-20(3)27(25)31-28(23)33/h6-16H,5,17-18H2,1-4H3,(H,30,35)(H,31,33). The van der Waals surface area contributed by atoms with E-state index in [0.717, 1.165) is 45.5 Å². The zero-order valence-electron chi connectivity index (χ0n) is 20.6. The molecular formula is C29H31N3O2S. The molecule has 6 heteroatoms. The van der Waals surface area contributed by atoms with Gasteiger partial charge in [-0.3, -0.25) is 4.79 Å². The van der Waals surface area contributed by atoms with Crippen LogP contribution >= 0.6 is 12.2 Å². The number of anilines is 1. The average molecular weight is 486 g/mol. The summed E-state index contributed by atoms with van der Waals surface area (Å²) < 4.78 is 5.30. The summed E-state index contributed by atoms with van der Waals surface area (Å²) in [5.41, 5.74) is 6.89. The lowest BCUT2D eigenvalue weighted by Crippen LogP contribution is -2.35. The highest BCUT2D eigenvalue weighted by Gasteiger charge is 2.16. The first-order valence-electron chi connectivity index (χ1n) is 11.8. The Hall–Kier alpha value is -3.64. The first-order chi connectivity index (χ1) is 16.9. The van der Waals surface area contributed by atoms with Crippen LogP contribution in [0.15, 0.2) is 71.5 Å². The number of aromatic amines is 1. The molecule has 2 N–H and O–H groups in total. The quantitative estimate of drug-likeness (QED) is 0.309. The predicted molar refractivity (Wildman–Crippen MR) is 148 cm³/mol. The maximum absolute atomic E-state index is 13.1. The number of H-pyrrole nitrogens is 1. The lowest BCUT2D eigenvalue weighted by Gasteiger charge is -2.27. The molecule has 0 aliphatic carbocycles. The van der Waals surface area contributed by atoms with E-state index in [9.17, 15) is 4.79 Å². The number of nitrogens with one attached hydrogen (secondary N) is 2. The number of pyridine rings is 1. The van der Waals surface area contributed by atoms with Crippen molar-refractivity contribution in [2.45, 2.75) is 40.3 Å². The molecule has 0 radical (unpaired) electrons. The second kappa shape index (κ2) is 10.7. The van der Waals surface area contributed by atoms with Crippen LogP contribution < -0.4 is 15.6 Å². The van der Waals surface area contributed by atoms with Crippen LogP contribution in [0.25, 0.3) is 10.9 Å². The van der Waals surface area contributed by atoms with Crippen LogP contribution in [0.2, 0.25) is 0 Å².